The highest BCUT2D eigenvalue weighted by Crippen LogP contribution is 2.32. The molecule has 0 spiro atoms. The SMILES string of the molecule is Cc1ncc(CO)c(C(=N)C2CCCCC2)c1O. The van der Waals surface area contributed by atoms with Gasteiger partial charge in [-0.25, -0.2) is 0 Å². The maximum Gasteiger partial charge on any atom is 0.146 e. The van der Waals surface area contributed by atoms with Crippen molar-refractivity contribution in [1.29, 1.82) is 5.41 Å². The zero-order chi connectivity index (χ0) is 13.1. The minimum atomic E-state index is -0.189. The van der Waals surface area contributed by atoms with Gasteiger partial charge in [-0.15, -0.1) is 0 Å². The average Bonchev–Trinajstić information content (AvgIpc) is 2.42. The second-order valence-corrected chi connectivity index (χ2v) is 5.00. The lowest BCUT2D eigenvalue weighted by Crippen LogP contribution is -2.20. The predicted octanol–water partition coefficient (Wildman–Crippen LogP) is 2.54. The standard InChI is InChI=1S/C14H20N2O2/c1-9-14(18)12(11(8-17)7-16-9)13(15)10-5-3-2-4-6-10/h7,10,15,17-18H,2-6,8H2,1H3. The van der Waals surface area contributed by atoms with Crippen LogP contribution < -0.4 is 0 Å². The van der Waals surface area contributed by atoms with Gasteiger partial charge in [0, 0.05) is 29.0 Å². The zero-order valence-corrected chi connectivity index (χ0v) is 10.7. The number of aliphatic hydroxyl groups is 1. The molecular formula is C14H20N2O2. The molecule has 4 heteroatoms. The molecule has 0 unspecified atom stereocenters. The van der Waals surface area contributed by atoms with E-state index in [-0.39, 0.29) is 18.3 Å². The van der Waals surface area contributed by atoms with Crippen molar-refractivity contribution in [3.63, 3.8) is 0 Å². The Morgan fingerprint density at radius 3 is 2.67 bits per heavy atom. The van der Waals surface area contributed by atoms with Gasteiger partial charge < -0.3 is 15.6 Å². The van der Waals surface area contributed by atoms with Crippen molar-refractivity contribution in [2.75, 3.05) is 0 Å². The van der Waals surface area contributed by atoms with E-state index in [9.17, 15) is 10.2 Å². The van der Waals surface area contributed by atoms with Crippen molar-refractivity contribution >= 4 is 5.71 Å². The van der Waals surface area contributed by atoms with E-state index in [0.717, 1.165) is 25.7 Å². The first kappa shape index (κ1) is 13.0. The maximum absolute atomic E-state index is 10.1. The van der Waals surface area contributed by atoms with Crippen LogP contribution >= 0.6 is 0 Å². The Morgan fingerprint density at radius 2 is 2.06 bits per heavy atom. The number of rotatable bonds is 3. The molecule has 18 heavy (non-hydrogen) atoms. The Balaban J connectivity index is 2.36. The van der Waals surface area contributed by atoms with E-state index < -0.39 is 0 Å². The van der Waals surface area contributed by atoms with Crippen LogP contribution in [0.1, 0.15) is 48.9 Å². The van der Waals surface area contributed by atoms with Crippen molar-refractivity contribution in [3.8, 4) is 5.75 Å². The zero-order valence-electron chi connectivity index (χ0n) is 10.7. The Bertz CT molecular complexity index is 451. The third kappa shape index (κ3) is 2.38. The Morgan fingerprint density at radius 1 is 1.39 bits per heavy atom. The Labute approximate surface area is 107 Å². The molecule has 1 aromatic heterocycles. The van der Waals surface area contributed by atoms with E-state index in [4.69, 9.17) is 5.41 Å². The second-order valence-electron chi connectivity index (χ2n) is 5.00. The number of aromatic hydroxyl groups is 1. The first-order chi connectivity index (χ1) is 8.65. The molecule has 1 heterocycles. The van der Waals surface area contributed by atoms with Gasteiger partial charge in [0.2, 0.25) is 0 Å². The summed E-state index contributed by atoms with van der Waals surface area (Å²) in [4.78, 5) is 4.03. The van der Waals surface area contributed by atoms with Crippen molar-refractivity contribution in [2.24, 2.45) is 5.92 Å². The lowest BCUT2D eigenvalue weighted by molar-refractivity contribution is 0.280. The van der Waals surface area contributed by atoms with Crippen molar-refractivity contribution in [3.05, 3.63) is 23.0 Å². The third-order valence-electron chi connectivity index (χ3n) is 3.77. The summed E-state index contributed by atoms with van der Waals surface area (Å²) in [6, 6.07) is 0. The molecule has 0 aliphatic heterocycles. The van der Waals surface area contributed by atoms with Crippen LogP contribution in [0.2, 0.25) is 0 Å². The monoisotopic (exact) mass is 248 g/mol. The molecule has 4 nitrogen and oxygen atoms in total. The van der Waals surface area contributed by atoms with Crippen LogP contribution in [-0.2, 0) is 6.61 Å². The van der Waals surface area contributed by atoms with Gasteiger partial charge in [0.15, 0.2) is 0 Å². The van der Waals surface area contributed by atoms with Crippen molar-refractivity contribution in [2.45, 2.75) is 45.6 Å². The van der Waals surface area contributed by atoms with Crippen LogP contribution in [0.3, 0.4) is 0 Å². The molecule has 0 amide bonds. The van der Waals surface area contributed by atoms with E-state index in [1.807, 2.05) is 0 Å². The largest absolute Gasteiger partial charge is 0.505 e. The van der Waals surface area contributed by atoms with E-state index >= 15 is 0 Å². The summed E-state index contributed by atoms with van der Waals surface area (Å²) in [5.74, 6) is 0.258. The lowest BCUT2D eigenvalue weighted by Gasteiger charge is -2.24. The number of hydrogen-bond acceptors (Lipinski definition) is 4. The quantitative estimate of drug-likeness (QED) is 0.719. The number of nitrogens with zero attached hydrogens (tertiary/aromatic N) is 1. The molecule has 0 bridgehead atoms. The van der Waals surface area contributed by atoms with E-state index in [1.54, 1.807) is 13.1 Å². The maximum atomic E-state index is 10.1. The van der Waals surface area contributed by atoms with Crippen LogP contribution in [0.25, 0.3) is 0 Å². The second kappa shape index (κ2) is 5.48. The fourth-order valence-corrected chi connectivity index (χ4v) is 2.65. The summed E-state index contributed by atoms with van der Waals surface area (Å²) in [5, 5.41) is 27.7. The summed E-state index contributed by atoms with van der Waals surface area (Å²) in [7, 11) is 0. The number of hydrogen-bond donors (Lipinski definition) is 3. The molecule has 1 fully saturated rings. The van der Waals surface area contributed by atoms with Crippen molar-refractivity contribution in [1.82, 2.24) is 4.98 Å². The van der Waals surface area contributed by atoms with Crippen LogP contribution in [0, 0.1) is 18.3 Å². The summed E-state index contributed by atoms with van der Waals surface area (Å²) in [6.07, 6.45) is 7.09. The fourth-order valence-electron chi connectivity index (χ4n) is 2.65. The highest BCUT2D eigenvalue weighted by atomic mass is 16.3. The number of aromatic nitrogens is 1. The molecule has 1 aliphatic carbocycles. The van der Waals surface area contributed by atoms with Gasteiger partial charge in [0.25, 0.3) is 0 Å². The van der Waals surface area contributed by atoms with Gasteiger partial charge in [-0.1, -0.05) is 19.3 Å². The average molecular weight is 248 g/mol. The molecule has 1 saturated carbocycles. The molecule has 2 rings (SSSR count). The normalized spacial score (nSPS) is 16.8. The highest BCUT2D eigenvalue weighted by Gasteiger charge is 2.24. The summed E-state index contributed by atoms with van der Waals surface area (Å²) < 4.78 is 0. The number of nitrogens with one attached hydrogen (secondary N) is 1. The molecule has 1 aromatic rings. The molecule has 98 valence electrons. The minimum Gasteiger partial charge on any atom is -0.505 e. The highest BCUT2D eigenvalue weighted by molar-refractivity contribution is 6.03. The molecule has 0 radical (unpaired) electrons. The Hall–Kier alpha value is -1.42. The topological polar surface area (TPSA) is 77.2 Å². The van der Waals surface area contributed by atoms with Crippen LogP contribution in [0.4, 0.5) is 0 Å². The van der Waals surface area contributed by atoms with E-state index in [0.29, 0.717) is 22.5 Å². The lowest BCUT2D eigenvalue weighted by atomic mass is 9.82. The first-order valence-electron chi connectivity index (χ1n) is 6.52. The van der Waals surface area contributed by atoms with Crippen LogP contribution in [-0.4, -0.2) is 20.9 Å². The molecule has 1 aliphatic rings. The summed E-state index contributed by atoms with van der Waals surface area (Å²) >= 11 is 0. The van der Waals surface area contributed by atoms with Gasteiger partial charge >= 0.3 is 0 Å². The molecular weight excluding hydrogens is 228 g/mol. The summed E-state index contributed by atoms with van der Waals surface area (Å²) in [6.45, 7) is 1.53. The van der Waals surface area contributed by atoms with Gasteiger partial charge in [-0.2, -0.15) is 0 Å². The van der Waals surface area contributed by atoms with E-state index in [2.05, 4.69) is 4.98 Å². The fraction of sp³-hybridized carbons (Fsp3) is 0.571. The summed E-state index contributed by atoms with van der Waals surface area (Å²) in [5.41, 5.74) is 2.02. The van der Waals surface area contributed by atoms with Gasteiger partial charge in [-0.3, -0.25) is 4.98 Å². The molecule has 3 N–H and O–H groups in total. The molecule has 0 saturated heterocycles. The van der Waals surface area contributed by atoms with Gasteiger partial charge in [0.05, 0.1) is 12.3 Å². The van der Waals surface area contributed by atoms with Gasteiger partial charge in [-0.05, 0) is 19.8 Å². The van der Waals surface area contributed by atoms with Crippen LogP contribution in [0.5, 0.6) is 5.75 Å². The number of pyridine rings is 1. The third-order valence-corrected chi connectivity index (χ3v) is 3.77. The smallest absolute Gasteiger partial charge is 0.146 e. The van der Waals surface area contributed by atoms with Crippen molar-refractivity contribution < 1.29 is 10.2 Å². The van der Waals surface area contributed by atoms with Gasteiger partial charge in [0.1, 0.15) is 5.75 Å². The molecule has 0 aromatic carbocycles. The first-order valence-corrected chi connectivity index (χ1v) is 6.52. The predicted molar refractivity (Wildman–Crippen MR) is 70.0 cm³/mol. The van der Waals surface area contributed by atoms with E-state index in [1.165, 1.54) is 6.42 Å². The number of aryl methyl sites for hydroxylation is 1. The molecule has 0 atom stereocenters. The van der Waals surface area contributed by atoms with Crippen LogP contribution in [0.15, 0.2) is 6.20 Å². The minimum absolute atomic E-state index is 0.0529. The number of aliphatic hydroxyl groups excluding tert-OH is 1. The Kier molecular flexibility index (Phi) is 3.97.